The van der Waals surface area contributed by atoms with E-state index in [1.807, 2.05) is 24.3 Å². The minimum Gasteiger partial charge on any atom is -0.497 e. The van der Waals surface area contributed by atoms with Crippen molar-refractivity contribution >= 4 is 11.7 Å². The number of carbonyl (C=O) groups is 1. The third-order valence-electron chi connectivity index (χ3n) is 3.71. The van der Waals surface area contributed by atoms with Gasteiger partial charge in [0.2, 0.25) is 0 Å². The molecule has 6 heteroatoms. The second-order valence-corrected chi connectivity index (χ2v) is 5.57. The number of aromatic nitrogens is 2. The lowest BCUT2D eigenvalue weighted by Gasteiger charge is -2.16. The Labute approximate surface area is 142 Å². The highest BCUT2D eigenvalue weighted by molar-refractivity contribution is 5.92. The molecule has 0 bridgehead atoms. The number of rotatable bonds is 8. The number of carbonyl (C=O) groups excluding carboxylic acids is 1. The molecule has 0 aliphatic rings. The van der Waals surface area contributed by atoms with Crippen molar-refractivity contribution in [3.63, 3.8) is 0 Å². The molecule has 1 aromatic heterocycles. The summed E-state index contributed by atoms with van der Waals surface area (Å²) in [4.78, 5) is 22.3. The first-order chi connectivity index (χ1) is 11.6. The van der Waals surface area contributed by atoms with Crippen molar-refractivity contribution in [2.45, 2.75) is 26.3 Å². The zero-order valence-corrected chi connectivity index (χ0v) is 14.5. The average Bonchev–Trinajstić information content (AvgIpc) is 2.64. The molecular weight excluding hydrogens is 304 g/mol. The Morgan fingerprint density at radius 3 is 2.67 bits per heavy atom. The van der Waals surface area contributed by atoms with Crippen molar-refractivity contribution in [1.82, 2.24) is 14.9 Å². The minimum atomic E-state index is -0.0849. The van der Waals surface area contributed by atoms with E-state index in [4.69, 9.17) is 4.74 Å². The van der Waals surface area contributed by atoms with Crippen LogP contribution in [0, 0.1) is 0 Å². The SMILES string of the molecule is CCCCN(C)C(=O)c1cc(NCc2ccc(OC)cc2)ncn1. The van der Waals surface area contributed by atoms with Crippen molar-refractivity contribution in [2.24, 2.45) is 0 Å². The lowest BCUT2D eigenvalue weighted by atomic mass is 10.2. The van der Waals surface area contributed by atoms with Crippen LogP contribution in [0.5, 0.6) is 5.75 Å². The molecule has 1 heterocycles. The monoisotopic (exact) mass is 328 g/mol. The Hall–Kier alpha value is -2.63. The van der Waals surface area contributed by atoms with E-state index < -0.39 is 0 Å². The van der Waals surface area contributed by atoms with Gasteiger partial charge >= 0.3 is 0 Å². The summed E-state index contributed by atoms with van der Waals surface area (Å²) < 4.78 is 5.14. The second-order valence-electron chi connectivity index (χ2n) is 5.57. The standard InChI is InChI=1S/C18H24N4O2/c1-4-5-10-22(2)18(23)16-11-17(21-13-20-16)19-12-14-6-8-15(24-3)9-7-14/h6-9,11,13H,4-5,10,12H2,1-3H3,(H,19,20,21). The molecule has 2 rings (SSSR count). The van der Waals surface area contributed by atoms with Gasteiger partial charge < -0.3 is 15.0 Å². The van der Waals surface area contributed by atoms with Crippen molar-refractivity contribution in [3.8, 4) is 5.75 Å². The average molecular weight is 328 g/mol. The van der Waals surface area contributed by atoms with Gasteiger partial charge in [-0.05, 0) is 24.1 Å². The molecule has 128 valence electrons. The molecule has 6 nitrogen and oxygen atoms in total. The summed E-state index contributed by atoms with van der Waals surface area (Å²) in [6.07, 6.45) is 3.45. The molecule has 0 saturated carbocycles. The zero-order valence-electron chi connectivity index (χ0n) is 14.5. The highest BCUT2D eigenvalue weighted by Crippen LogP contribution is 2.13. The topological polar surface area (TPSA) is 67.4 Å². The van der Waals surface area contributed by atoms with Gasteiger partial charge in [-0.2, -0.15) is 0 Å². The Balaban J connectivity index is 1.97. The van der Waals surface area contributed by atoms with Crippen LogP contribution in [0.4, 0.5) is 5.82 Å². The van der Waals surface area contributed by atoms with E-state index in [0.29, 0.717) is 18.1 Å². The van der Waals surface area contributed by atoms with Crippen molar-refractivity contribution < 1.29 is 9.53 Å². The molecule has 0 aliphatic heterocycles. The molecule has 1 N–H and O–H groups in total. The van der Waals surface area contributed by atoms with E-state index >= 15 is 0 Å². The maximum absolute atomic E-state index is 12.3. The van der Waals surface area contributed by atoms with Crippen LogP contribution in [-0.4, -0.2) is 41.5 Å². The molecule has 24 heavy (non-hydrogen) atoms. The lowest BCUT2D eigenvalue weighted by molar-refractivity contribution is 0.0787. The summed E-state index contributed by atoms with van der Waals surface area (Å²) in [6.45, 7) is 3.44. The molecule has 0 aliphatic carbocycles. The quantitative estimate of drug-likeness (QED) is 0.807. The number of hydrogen-bond donors (Lipinski definition) is 1. The highest BCUT2D eigenvalue weighted by atomic mass is 16.5. The fraction of sp³-hybridized carbons (Fsp3) is 0.389. The summed E-state index contributed by atoms with van der Waals surface area (Å²) >= 11 is 0. The number of nitrogens with one attached hydrogen (secondary N) is 1. The van der Waals surface area contributed by atoms with Gasteiger partial charge in [0, 0.05) is 26.2 Å². The van der Waals surface area contributed by atoms with E-state index in [2.05, 4.69) is 22.2 Å². The third kappa shape index (κ3) is 4.94. The molecule has 0 radical (unpaired) electrons. The number of unbranched alkanes of at least 4 members (excludes halogenated alkanes) is 1. The van der Waals surface area contributed by atoms with Gasteiger partial charge in [-0.3, -0.25) is 4.79 Å². The van der Waals surface area contributed by atoms with Crippen LogP contribution in [0.3, 0.4) is 0 Å². The third-order valence-corrected chi connectivity index (χ3v) is 3.71. The number of nitrogens with zero attached hydrogens (tertiary/aromatic N) is 3. The number of anilines is 1. The molecule has 0 atom stereocenters. The van der Waals surface area contributed by atoms with E-state index in [9.17, 15) is 4.79 Å². The smallest absolute Gasteiger partial charge is 0.272 e. The lowest BCUT2D eigenvalue weighted by Crippen LogP contribution is -2.28. The van der Waals surface area contributed by atoms with Crippen LogP contribution in [-0.2, 0) is 6.54 Å². The van der Waals surface area contributed by atoms with Gasteiger partial charge in [-0.1, -0.05) is 25.5 Å². The number of benzene rings is 1. The van der Waals surface area contributed by atoms with Crippen molar-refractivity contribution in [1.29, 1.82) is 0 Å². The maximum Gasteiger partial charge on any atom is 0.272 e. The molecule has 0 saturated heterocycles. The number of methoxy groups -OCH3 is 1. The number of hydrogen-bond acceptors (Lipinski definition) is 5. The zero-order chi connectivity index (χ0) is 17.4. The second kappa shape index (κ2) is 8.86. The Morgan fingerprint density at radius 2 is 2.00 bits per heavy atom. The van der Waals surface area contributed by atoms with Crippen LogP contribution in [0.2, 0.25) is 0 Å². The first kappa shape index (κ1) is 17.7. The Morgan fingerprint density at radius 1 is 1.25 bits per heavy atom. The summed E-state index contributed by atoms with van der Waals surface area (Å²) in [7, 11) is 3.44. The molecular formula is C18H24N4O2. The largest absolute Gasteiger partial charge is 0.497 e. The summed E-state index contributed by atoms with van der Waals surface area (Å²) in [5.74, 6) is 1.37. The molecule has 1 aromatic carbocycles. The molecule has 0 unspecified atom stereocenters. The maximum atomic E-state index is 12.3. The van der Waals surface area contributed by atoms with Crippen LogP contribution >= 0.6 is 0 Å². The number of amides is 1. The van der Waals surface area contributed by atoms with Crippen LogP contribution in [0.1, 0.15) is 35.8 Å². The Bertz CT molecular complexity index is 658. The van der Waals surface area contributed by atoms with Crippen molar-refractivity contribution in [2.75, 3.05) is 26.0 Å². The van der Waals surface area contributed by atoms with Gasteiger partial charge in [-0.25, -0.2) is 9.97 Å². The first-order valence-corrected chi connectivity index (χ1v) is 8.08. The van der Waals surface area contributed by atoms with Gasteiger partial charge in [-0.15, -0.1) is 0 Å². The summed E-state index contributed by atoms with van der Waals surface area (Å²) in [5.41, 5.74) is 1.50. The van der Waals surface area contributed by atoms with Gasteiger partial charge in [0.25, 0.3) is 5.91 Å². The van der Waals surface area contributed by atoms with E-state index in [0.717, 1.165) is 30.7 Å². The molecule has 2 aromatic rings. The van der Waals surface area contributed by atoms with Gasteiger partial charge in [0.1, 0.15) is 23.6 Å². The van der Waals surface area contributed by atoms with Crippen LogP contribution < -0.4 is 10.1 Å². The Kier molecular flexibility index (Phi) is 6.54. The van der Waals surface area contributed by atoms with Crippen molar-refractivity contribution in [3.05, 3.63) is 47.9 Å². The summed E-state index contributed by atoms with van der Waals surface area (Å²) in [5, 5.41) is 3.21. The van der Waals surface area contributed by atoms with E-state index in [1.165, 1.54) is 6.33 Å². The number of ether oxygens (including phenoxy) is 1. The fourth-order valence-electron chi connectivity index (χ4n) is 2.20. The predicted octanol–water partition coefficient (Wildman–Crippen LogP) is 2.97. The first-order valence-electron chi connectivity index (χ1n) is 8.08. The predicted molar refractivity (Wildman–Crippen MR) is 94.2 cm³/mol. The normalized spacial score (nSPS) is 10.3. The van der Waals surface area contributed by atoms with Crippen LogP contribution in [0.25, 0.3) is 0 Å². The van der Waals surface area contributed by atoms with Crippen LogP contribution in [0.15, 0.2) is 36.7 Å². The van der Waals surface area contributed by atoms with Gasteiger partial charge in [0.15, 0.2) is 0 Å². The highest BCUT2D eigenvalue weighted by Gasteiger charge is 2.13. The fourth-order valence-corrected chi connectivity index (χ4v) is 2.20. The minimum absolute atomic E-state index is 0.0849. The molecule has 1 amide bonds. The van der Waals surface area contributed by atoms with E-state index in [1.54, 1.807) is 25.1 Å². The molecule has 0 spiro atoms. The molecule has 0 fully saturated rings. The summed E-state index contributed by atoms with van der Waals surface area (Å²) in [6, 6.07) is 9.48. The van der Waals surface area contributed by atoms with Gasteiger partial charge in [0.05, 0.1) is 7.11 Å². The van der Waals surface area contributed by atoms with E-state index in [-0.39, 0.29) is 5.91 Å².